The van der Waals surface area contributed by atoms with Crippen LogP contribution in [-0.2, 0) is 14.6 Å². The minimum absolute atomic E-state index is 0.224. The Bertz CT molecular complexity index is 347. The molecule has 5 nitrogen and oxygen atoms in total. The summed E-state index contributed by atoms with van der Waals surface area (Å²) < 4.78 is 21.9. The highest BCUT2D eigenvalue weighted by Crippen LogP contribution is 2.20. The molecule has 1 aliphatic rings. The number of hydrogen-bond donors (Lipinski definition) is 1. The standard InChI is InChI=1S/C9H17NO4S/c1-9(12)4-3-5-10(7-9)8(11)6-15(2,13)14/h12H,3-7H2,1-2H3. The first-order valence-corrected chi connectivity index (χ1v) is 6.94. The van der Waals surface area contributed by atoms with Crippen LogP contribution in [0.5, 0.6) is 0 Å². The van der Waals surface area contributed by atoms with Gasteiger partial charge in [-0.3, -0.25) is 4.79 Å². The number of aliphatic hydroxyl groups is 1. The maximum absolute atomic E-state index is 11.5. The molecule has 0 aromatic heterocycles. The smallest absolute Gasteiger partial charge is 0.237 e. The number of nitrogens with zero attached hydrogens (tertiary/aromatic N) is 1. The van der Waals surface area contributed by atoms with E-state index in [-0.39, 0.29) is 6.54 Å². The van der Waals surface area contributed by atoms with E-state index >= 15 is 0 Å². The normalized spacial score (nSPS) is 27.8. The maximum atomic E-state index is 11.5. The zero-order valence-electron chi connectivity index (χ0n) is 9.06. The van der Waals surface area contributed by atoms with Crippen molar-refractivity contribution in [3.63, 3.8) is 0 Å². The third kappa shape index (κ3) is 4.17. The van der Waals surface area contributed by atoms with Gasteiger partial charge in [0.1, 0.15) is 5.75 Å². The average Bonchev–Trinajstić information content (AvgIpc) is 1.99. The molecule has 1 amide bonds. The summed E-state index contributed by atoms with van der Waals surface area (Å²) >= 11 is 0. The van der Waals surface area contributed by atoms with Crippen molar-refractivity contribution in [2.45, 2.75) is 25.4 Å². The van der Waals surface area contributed by atoms with Crippen LogP contribution in [0.3, 0.4) is 0 Å². The molecule has 1 rings (SSSR count). The van der Waals surface area contributed by atoms with Crippen molar-refractivity contribution in [2.24, 2.45) is 0 Å². The van der Waals surface area contributed by atoms with E-state index in [1.54, 1.807) is 6.92 Å². The highest BCUT2D eigenvalue weighted by molar-refractivity contribution is 7.91. The molecular weight excluding hydrogens is 218 g/mol. The molecule has 0 radical (unpaired) electrons. The summed E-state index contributed by atoms with van der Waals surface area (Å²) in [6.07, 6.45) is 2.39. The van der Waals surface area contributed by atoms with Crippen molar-refractivity contribution < 1.29 is 18.3 Å². The zero-order valence-corrected chi connectivity index (χ0v) is 9.88. The van der Waals surface area contributed by atoms with E-state index < -0.39 is 27.1 Å². The summed E-state index contributed by atoms with van der Waals surface area (Å²) in [6.45, 7) is 2.42. The highest BCUT2D eigenvalue weighted by Gasteiger charge is 2.31. The average molecular weight is 235 g/mol. The summed E-state index contributed by atoms with van der Waals surface area (Å²) in [4.78, 5) is 13.0. The van der Waals surface area contributed by atoms with Crippen LogP contribution < -0.4 is 0 Å². The first-order valence-electron chi connectivity index (χ1n) is 4.87. The quantitative estimate of drug-likeness (QED) is 0.694. The third-order valence-electron chi connectivity index (χ3n) is 2.41. The van der Waals surface area contributed by atoms with Crippen LogP contribution in [0.15, 0.2) is 0 Å². The first-order chi connectivity index (χ1) is 6.70. The van der Waals surface area contributed by atoms with Gasteiger partial charge in [0.15, 0.2) is 9.84 Å². The Labute approximate surface area is 90.0 Å². The second-order valence-corrected chi connectivity index (χ2v) is 6.63. The molecule has 0 aromatic carbocycles. The van der Waals surface area contributed by atoms with Crippen LogP contribution in [0.1, 0.15) is 19.8 Å². The van der Waals surface area contributed by atoms with Gasteiger partial charge in [-0.15, -0.1) is 0 Å². The number of carbonyl (C=O) groups is 1. The number of β-amino-alcohol motifs (C(OH)–C–C–N with tert-alkyl or cyclic N) is 1. The van der Waals surface area contributed by atoms with Crippen molar-refractivity contribution in [3.05, 3.63) is 0 Å². The van der Waals surface area contributed by atoms with Crippen LogP contribution in [0.2, 0.25) is 0 Å². The molecule has 1 aliphatic heterocycles. The molecule has 1 saturated heterocycles. The van der Waals surface area contributed by atoms with E-state index in [2.05, 4.69) is 0 Å². The van der Waals surface area contributed by atoms with Crippen molar-refractivity contribution in [3.8, 4) is 0 Å². The number of piperidine rings is 1. The van der Waals surface area contributed by atoms with Gasteiger partial charge >= 0.3 is 0 Å². The molecule has 1 N–H and O–H groups in total. The molecule has 0 aromatic rings. The fraction of sp³-hybridized carbons (Fsp3) is 0.889. The lowest BCUT2D eigenvalue weighted by Crippen LogP contribution is -2.50. The van der Waals surface area contributed by atoms with Gasteiger partial charge in [0.05, 0.1) is 5.60 Å². The Morgan fingerprint density at radius 2 is 2.13 bits per heavy atom. The molecule has 88 valence electrons. The number of sulfone groups is 1. The number of rotatable bonds is 2. The summed E-state index contributed by atoms with van der Waals surface area (Å²) in [5, 5.41) is 9.75. The molecule has 1 heterocycles. The van der Waals surface area contributed by atoms with Gasteiger partial charge in [0, 0.05) is 19.3 Å². The van der Waals surface area contributed by atoms with Gasteiger partial charge < -0.3 is 10.0 Å². The van der Waals surface area contributed by atoms with Gasteiger partial charge in [0.2, 0.25) is 5.91 Å². The van der Waals surface area contributed by atoms with Crippen LogP contribution in [-0.4, -0.2) is 55.0 Å². The Balaban J connectivity index is 2.61. The molecule has 0 saturated carbocycles. The largest absolute Gasteiger partial charge is 0.388 e. The first kappa shape index (κ1) is 12.4. The predicted molar refractivity (Wildman–Crippen MR) is 56.1 cm³/mol. The van der Waals surface area contributed by atoms with Gasteiger partial charge in [-0.1, -0.05) is 0 Å². The molecule has 0 bridgehead atoms. The lowest BCUT2D eigenvalue weighted by Gasteiger charge is -2.36. The Morgan fingerprint density at radius 3 is 2.60 bits per heavy atom. The van der Waals surface area contributed by atoms with E-state index in [0.29, 0.717) is 19.4 Å². The highest BCUT2D eigenvalue weighted by atomic mass is 32.2. The monoisotopic (exact) mass is 235 g/mol. The number of hydrogen-bond acceptors (Lipinski definition) is 4. The predicted octanol–water partition coefficient (Wildman–Crippen LogP) is -0.596. The lowest BCUT2D eigenvalue weighted by atomic mass is 9.95. The molecule has 1 atom stereocenters. The molecular formula is C9H17NO4S. The number of amides is 1. The van der Waals surface area contributed by atoms with E-state index in [9.17, 15) is 18.3 Å². The van der Waals surface area contributed by atoms with Crippen LogP contribution in [0.25, 0.3) is 0 Å². The maximum Gasteiger partial charge on any atom is 0.237 e. The van der Waals surface area contributed by atoms with Crippen LogP contribution >= 0.6 is 0 Å². The van der Waals surface area contributed by atoms with E-state index in [0.717, 1.165) is 6.26 Å². The van der Waals surface area contributed by atoms with Crippen molar-refractivity contribution in [1.82, 2.24) is 4.90 Å². The molecule has 15 heavy (non-hydrogen) atoms. The third-order valence-corrected chi connectivity index (χ3v) is 3.18. The van der Waals surface area contributed by atoms with Gasteiger partial charge in [-0.05, 0) is 19.8 Å². The van der Waals surface area contributed by atoms with Crippen molar-refractivity contribution in [1.29, 1.82) is 0 Å². The summed E-state index contributed by atoms with van der Waals surface area (Å²) in [5.41, 5.74) is -0.884. The van der Waals surface area contributed by atoms with Gasteiger partial charge in [-0.25, -0.2) is 8.42 Å². The number of likely N-dealkylation sites (tertiary alicyclic amines) is 1. The topological polar surface area (TPSA) is 74.7 Å². The molecule has 1 fully saturated rings. The fourth-order valence-corrected chi connectivity index (χ4v) is 2.38. The zero-order chi connectivity index (χ0) is 11.7. The Hall–Kier alpha value is -0.620. The van der Waals surface area contributed by atoms with E-state index in [4.69, 9.17) is 0 Å². The summed E-state index contributed by atoms with van der Waals surface area (Å²) in [5.74, 6) is -0.888. The van der Waals surface area contributed by atoms with E-state index in [1.165, 1.54) is 4.90 Å². The molecule has 1 unspecified atom stereocenters. The van der Waals surface area contributed by atoms with Gasteiger partial charge in [-0.2, -0.15) is 0 Å². The molecule has 0 spiro atoms. The van der Waals surface area contributed by atoms with Crippen molar-refractivity contribution in [2.75, 3.05) is 25.1 Å². The SMILES string of the molecule is CC1(O)CCCN(C(=O)CS(C)(=O)=O)C1. The van der Waals surface area contributed by atoms with Crippen molar-refractivity contribution >= 4 is 15.7 Å². The lowest BCUT2D eigenvalue weighted by molar-refractivity contribution is -0.134. The van der Waals surface area contributed by atoms with Gasteiger partial charge in [0.25, 0.3) is 0 Å². The molecule has 0 aliphatic carbocycles. The number of carbonyl (C=O) groups excluding carboxylic acids is 1. The summed E-state index contributed by atoms with van der Waals surface area (Å²) in [7, 11) is -3.28. The second kappa shape index (κ2) is 4.09. The Kier molecular flexibility index (Phi) is 3.40. The molecule has 6 heteroatoms. The van der Waals surface area contributed by atoms with Crippen LogP contribution in [0, 0.1) is 0 Å². The Morgan fingerprint density at radius 1 is 1.53 bits per heavy atom. The second-order valence-electron chi connectivity index (χ2n) is 4.49. The fourth-order valence-electron chi connectivity index (χ4n) is 1.75. The summed E-state index contributed by atoms with van der Waals surface area (Å²) in [6, 6.07) is 0. The van der Waals surface area contributed by atoms with E-state index in [1.807, 2.05) is 0 Å². The minimum atomic E-state index is -3.28. The minimum Gasteiger partial charge on any atom is -0.388 e. The van der Waals surface area contributed by atoms with Crippen LogP contribution in [0.4, 0.5) is 0 Å².